The van der Waals surface area contributed by atoms with Crippen LogP contribution in [0.3, 0.4) is 0 Å². The van der Waals surface area contributed by atoms with Gasteiger partial charge in [-0.05, 0) is 34.5 Å². The summed E-state index contributed by atoms with van der Waals surface area (Å²) < 4.78 is 20.9. The van der Waals surface area contributed by atoms with Crippen LogP contribution in [0.5, 0.6) is 5.75 Å². The summed E-state index contributed by atoms with van der Waals surface area (Å²) in [6.07, 6.45) is 0.160. The van der Waals surface area contributed by atoms with Crippen LogP contribution in [-0.2, 0) is 0 Å². The van der Waals surface area contributed by atoms with Gasteiger partial charge in [0.05, 0.1) is 17.3 Å². The van der Waals surface area contributed by atoms with Gasteiger partial charge in [-0.1, -0.05) is 72.8 Å². The highest BCUT2D eigenvalue weighted by molar-refractivity contribution is 6.04. The van der Waals surface area contributed by atoms with Crippen LogP contribution in [0, 0.1) is 5.82 Å². The normalized spacial score (nSPS) is 19.8. The standard InChI is InChI=1S/C26H19FN2O/c27-22-11-5-3-9-20(22)26-29-24(21-10-4-6-12-25(21)30-26)16-23(28-29)19-14-13-17-7-1-2-8-18(17)15-19/h1-15,24,26H,16H2/t24-,26+/m1/s1. The molecule has 0 amide bonds. The minimum atomic E-state index is -0.593. The second-order valence-corrected chi connectivity index (χ2v) is 7.74. The van der Waals surface area contributed by atoms with E-state index >= 15 is 0 Å². The molecule has 0 radical (unpaired) electrons. The van der Waals surface area contributed by atoms with Gasteiger partial charge in [0.1, 0.15) is 11.6 Å². The molecule has 0 saturated carbocycles. The Labute approximate surface area is 174 Å². The molecule has 3 nitrogen and oxygen atoms in total. The first-order valence-corrected chi connectivity index (χ1v) is 10.1. The Morgan fingerprint density at radius 2 is 1.53 bits per heavy atom. The smallest absolute Gasteiger partial charge is 0.216 e. The summed E-state index contributed by atoms with van der Waals surface area (Å²) in [6, 6.07) is 29.5. The average molecular weight is 394 g/mol. The van der Waals surface area contributed by atoms with Gasteiger partial charge in [0, 0.05) is 12.0 Å². The molecule has 0 aliphatic carbocycles. The number of fused-ring (bicyclic) bond motifs is 4. The molecule has 4 aromatic rings. The molecule has 2 aliphatic rings. The summed E-state index contributed by atoms with van der Waals surface area (Å²) >= 11 is 0. The zero-order valence-corrected chi connectivity index (χ0v) is 16.2. The van der Waals surface area contributed by atoms with Crippen molar-refractivity contribution in [2.45, 2.75) is 18.7 Å². The summed E-state index contributed by atoms with van der Waals surface area (Å²) in [5, 5.41) is 9.25. The van der Waals surface area contributed by atoms with E-state index in [-0.39, 0.29) is 11.9 Å². The monoisotopic (exact) mass is 394 g/mol. The third kappa shape index (κ3) is 2.68. The predicted molar refractivity (Wildman–Crippen MR) is 116 cm³/mol. The highest BCUT2D eigenvalue weighted by Gasteiger charge is 2.41. The van der Waals surface area contributed by atoms with Gasteiger partial charge in [0.25, 0.3) is 0 Å². The van der Waals surface area contributed by atoms with Crippen molar-refractivity contribution in [3.8, 4) is 5.75 Å². The number of para-hydroxylation sites is 1. The van der Waals surface area contributed by atoms with Crippen molar-refractivity contribution < 1.29 is 9.13 Å². The Kier molecular flexibility index (Phi) is 3.85. The van der Waals surface area contributed by atoms with Crippen molar-refractivity contribution >= 4 is 16.5 Å². The highest BCUT2D eigenvalue weighted by atomic mass is 19.1. The highest BCUT2D eigenvalue weighted by Crippen LogP contribution is 2.47. The van der Waals surface area contributed by atoms with Gasteiger partial charge >= 0.3 is 0 Å². The van der Waals surface area contributed by atoms with Crippen LogP contribution in [0.2, 0.25) is 0 Å². The second-order valence-electron chi connectivity index (χ2n) is 7.74. The quantitative estimate of drug-likeness (QED) is 0.403. The van der Waals surface area contributed by atoms with Crippen LogP contribution in [0.15, 0.2) is 96.1 Å². The molecule has 0 fully saturated rings. The third-order valence-electron chi connectivity index (χ3n) is 5.95. The van der Waals surface area contributed by atoms with Crippen LogP contribution < -0.4 is 4.74 Å². The molecule has 2 aliphatic heterocycles. The Morgan fingerprint density at radius 1 is 0.800 bits per heavy atom. The fourth-order valence-electron chi connectivity index (χ4n) is 4.46. The maximum absolute atomic E-state index is 14.6. The SMILES string of the molecule is Fc1ccccc1[C@@H]1Oc2ccccc2[C@H]2CC(c3ccc4ccccc4c3)=NN21. The van der Waals surface area contributed by atoms with Crippen molar-refractivity contribution in [3.05, 3.63) is 114 Å². The first-order chi connectivity index (χ1) is 14.8. The lowest BCUT2D eigenvalue weighted by Crippen LogP contribution is -2.34. The molecule has 0 bridgehead atoms. The van der Waals surface area contributed by atoms with Crippen molar-refractivity contribution in [1.82, 2.24) is 5.01 Å². The lowest BCUT2D eigenvalue weighted by atomic mass is 9.95. The average Bonchev–Trinajstić information content (AvgIpc) is 3.24. The molecule has 2 atom stereocenters. The molecule has 0 saturated heterocycles. The molecule has 4 aromatic carbocycles. The largest absolute Gasteiger partial charge is 0.464 e. The molecule has 0 unspecified atom stereocenters. The lowest BCUT2D eigenvalue weighted by Gasteiger charge is -2.38. The maximum Gasteiger partial charge on any atom is 0.216 e. The van der Waals surface area contributed by atoms with E-state index in [2.05, 4.69) is 36.4 Å². The number of halogens is 1. The van der Waals surface area contributed by atoms with Crippen LogP contribution in [-0.4, -0.2) is 10.7 Å². The first kappa shape index (κ1) is 17.2. The molecule has 146 valence electrons. The fourth-order valence-corrected chi connectivity index (χ4v) is 4.46. The van der Waals surface area contributed by atoms with Gasteiger partial charge in [-0.2, -0.15) is 5.10 Å². The van der Waals surface area contributed by atoms with E-state index in [1.54, 1.807) is 12.1 Å². The molecule has 4 heteroatoms. The Hall–Kier alpha value is -3.66. The molecule has 0 aromatic heterocycles. The number of benzene rings is 4. The Bertz CT molecular complexity index is 1300. The number of hydrazone groups is 1. The number of rotatable bonds is 2. The molecule has 2 heterocycles. The first-order valence-electron chi connectivity index (χ1n) is 10.1. The molecule has 30 heavy (non-hydrogen) atoms. The third-order valence-corrected chi connectivity index (χ3v) is 5.95. The number of hydrogen-bond donors (Lipinski definition) is 0. The zero-order valence-electron chi connectivity index (χ0n) is 16.2. The molecular formula is C26H19FN2O. The minimum absolute atomic E-state index is 0.0148. The summed E-state index contributed by atoms with van der Waals surface area (Å²) in [5.74, 6) is 0.511. The summed E-state index contributed by atoms with van der Waals surface area (Å²) in [4.78, 5) is 0. The van der Waals surface area contributed by atoms with Crippen LogP contribution in [0.4, 0.5) is 4.39 Å². The van der Waals surface area contributed by atoms with Crippen LogP contribution >= 0.6 is 0 Å². The topological polar surface area (TPSA) is 24.8 Å². The lowest BCUT2D eigenvalue weighted by molar-refractivity contribution is -0.0212. The fraction of sp³-hybridized carbons (Fsp3) is 0.115. The number of hydrogen-bond acceptors (Lipinski definition) is 3. The number of nitrogens with zero attached hydrogens (tertiary/aromatic N) is 2. The van der Waals surface area contributed by atoms with E-state index < -0.39 is 6.23 Å². The van der Waals surface area contributed by atoms with E-state index in [1.165, 1.54) is 16.8 Å². The minimum Gasteiger partial charge on any atom is -0.464 e. The predicted octanol–water partition coefficient (Wildman–Crippen LogP) is 6.22. The van der Waals surface area contributed by atoms with Gasteiger partial charge in [-0.3, -0.25) is 0 Å². The summed E-state index contributed by atoms with van der Waals surface area (Å²) in [7, 11) is 0. The molecule has 0 spiro atoms. The van der Waals surface area contributed by atoms with Crippen molar-refractivity contribution in [3.63, 3.8) is 0 Å². The maximum atomic E-state index is 14.6. The van der Waals surface area contributed by atoms with Crippen molar-refractivity contribution in [1.29, 1.82) is 0 Å². The molecule has 0 N–H and O–H groups in total. The summed E-state index contributed by atoms with van der Waals surface area (Å²) in [5.41, 5.74) is 3.67. The Morgan fingerprint density at radius 3 is 2.40 bits per heavy atom. The summed E-state index contributed by atoms with van der Waals surface area (Å²) in [6.45, 7) is 0. The van der Waals surface area contributed by atoms with Crippen LogP contribution in [0.25, 0.3) is 10.8 Å². The van der Waals surface area contributed by atoms with Crippen molar-refractivity contribution in [2.75, 3.05) is 0 Å². The van der Waals surface area contributed by atoms with E-state index in [0.717, 1.165) is 29.0 Å². The Balaban J connectivity index is 1.47. The van der Waals surface area contributed by atoms with E-state index in [0.29, 0.717) is 5.56 Å². The van der Waals surface area contributed by atoms with Gasteiger partial charge < -0.3 is 4.74 Å². The van der Waals surface area contributed by atoms with E-state index in [4.69, 9.17) is 9.84 Å². The van der Waals surface area contributed by atoms with Crippen molar-refractivity contribution in [2.24, 2.45) is 5.10 Å². The molecule has 6 rings (SSSR count). The van der Waals surface area contributed by atoms with Crippen LogP contribution in [0.1, 0.15) is 35.4 Å². The zero-order chi connectivity index (χ0) is 20.1. The van der Waals surface area contributed by atoms with E-state index in [1.807, 2.05) is 41.4 Å². The molecular weight excluding hydrogens is 375 g/mol. The second kappa shape index (κ2) is 6.70. The van der Waals surface area contributed by atoms with E-state index in [9.17, 15) is 4.39 Å². The van der Waals surface area contributed by atoms with Gasteiger partial charge in [0.2, 0.25) is 6.23 Å². The van der Waals surface area contributed by atoms with Gasteiger partial charge in [-0.15, -0.1) is 0 Å². The van der Waals surface area contributed by atoms with Gasteiger partial charge in [0.15, 0.2) is 0 Å². The number of ether oxygens (including phenoxy) is 1. The van der Waals surface area contributed by atoms with Gasteiger partial charge in [-0.25, -0.2) is 9.40 Å².